The van der Waals surface area contributed by atoms with Gasteiger partial charge in [0.15, 0.2) is 6.04 Å². The van der Waals surface area contributed by atoms with E-state index in [1.807, 2.05) is 13.8 Å². The second-order valence-corrected chi connectivity index (χ2v) is 7.08. The monoisotopic (exact) mass is 344 g/mol. The van der Waals surface area contributed by atoms with Crippen LogP contribution < -0.4 is 5.32 Å². The fourth-order valence-corrected chi connectivity index (χ4v) is 3.61. The van der Waals surface area contributed by atoms with Gasteiger partial charge in [0.2, 0.25) is 5.91 Å². The Morgan fingerprint density at radius 3 is 2.75 bits per heavy atom. The number of rotatable bonds is 2. The number of amides is 1. The van der Waals surface area contributed by atoms with E-state index < -0.39 is 12.2 Å². The van der Waals surface area contributed by atoms with Crippen molar-refractivity contribution in [1.29, 1.82) is 0 Å². The van der Waals surface area contributed by atoms with Crippen molar-refractivity contribution in [2.45, 2.75) is 64.3 Å². The summed E-state index contributed by atoms with van der Waals surface area (Å²) in [5.74, 6) is 0.274. The lowest BCUT2D eigenvalue weighted by Gasteiger charge is -2.31. The lowest BCUT2D eigenvalue weighted by molar-refractivity contribution is -0.173. The number of halogens is 3. The van der Waals surface area contributed by atoms with Gasteiger partial charge >= 0.3 is 6.18 Å². The third kappa shape index (κ3) is 2.98. The highest BCUT2D eigenvalue weighted by Crippen LogP contribution is 2.41. The number of hydrogen-bond donors (Lipinski definition) is 1. The number of likely N-dealkylation sites (tertiary alicyclic amines) is 1. The van der Waals surface area contributed by atoms with Crippen molar-refractivity contribution in [3.8, 4) is 0 Å². The van der Waals surface area contributed by atoms with E-state index in [1.54, 1.807) is 17.9 Å². The van der Waals surface area contributed by atoms with Crippen molar-refractivity contribution in [3.05, 3.63) is 11.8 Å². The number of alkyl halides is 3. The van der Waals surface area contributed by atoms with Gasteiger partial charge in [0.1, 0.15) is 5.82 Å². The average molecular weight is 344 g/mol. The molecule has 1 amide bonds. The van der Waals surface area contributed by atoms with E-state index in [0.29, 0.717) is 18.1 Å². The quantitative estimate of drug-likeness (QED) is 0.893. The Balaban J connectivity index is 1.93. The van der Waals surface area contributed by atoms with Crippen molar-refractivity contribution >= 4 is 11.7 Å². The van der Waals surface area contributed by atoms with Crippen LogP contribution in [0.25, 0.3) is 0 Å². The van der Waals surface area contributed by atoms with Crippen LogP contribution in [0.4, 0.5) is 19.0 Å². The zero-order valence-corrected chi connectivity index (χ0v) is 14.1. The minimum atomic E-state index is -4.34. The smallest absolute Gasteiger partial charge is 0.368 e. The second kappa shape index (κ2) is 5.97. The molecule has 1 fully saturated rings. The molecule has 0 spiro atoms. The van der Waals surface area contributed by atoms with Gasteiger partial charge in [-0.1, -0.05) is 13.8 Å². The highest BCUT2D eigenvalue weighted by molar-refractivity contribution is 5.78. The molecule has 0 bridgehead atoms. The van der Waals surface area contributed by atoms with Crippen LogP contribution >= 0.6 is 0 Å². The highest BCUT2D eigenvalue weighted by atomic mass is 19.4. The van der Waals surface area contributed by atoms with Crippen LogP contribution in [-0.2, 0) is 4.79 Å². The SMILES string of the molecule is CC(C)C(=O)N1CCC[C@H]1c1cc2n(n1)[C@@H](C(F)(F)F)C[C@@H](C)N2. The van der Waals surface area contributed by atoms with Crippen molar-refractivity contribution < 1.29 is 18.0 Å². The van der Waals surface area contributed by atoms with Crippen LogP contribution in [-0.4, -0.2) is 39.4 Å². The number of fused-ring (bicyclic) bond motifs is 1. The van der Waals surface area contributed by atoms with Gasteiger partial charge in [-0.3, -0.25) is 4.79 Å². The van der Waals surface area contributed by atoms with Crippen LogP contribution in [0.3, 0.4) is 0 Å². The van der Waals surface area contributed by atoms with E-state index in [9.17, 15) is 18.0 Å². The first-order valence-corrected chi connectivity index (χ1v) is 8.41. The van der Waals surface area contributed by atoms with Crippen molar-refractivity contribution in [2.75, 3.05) is 11.9 Å². The topological polar surface area (TPSA) is 50.2 Å². The molecule has 0 aliphatic carbocycles. The lowest BCUT2D eigenvalue weighted by Crippen LogP contribution is -2.38. The largest absolute Gasteiger partial charge is 0.410 e. The molecule has 1 N–H and O–H groups in total. The number of anilines is 1. The van der Waals surface area contributed by atoms with Gasteiger partial charge in [-0.15, -0.1) is 0 Å². The normalized spacial score (nSPS) is 27.3. The van der Waals surface area contributed by atoms with Crippen LogP contribution in [0.2, 0.25) is 0 Å². The Morgan fingerprint density at radius 1 is 1.42 bits per heavy atom. The van der Waals surface area contributed by atoms with Gasteiger partial charge in [-0.25, -0.2) is 4.68 Å². The van der Waals surface area contributed by atoms with Crippen molar-refractivity contribution in [3.63, 3.8) is 0 Å². The molecule has 8 heteroatoms. The molecule has 0 aromatic carbocycles. The molecule has 1 saturated heterocycles. The van der Waals surface area contributed by atoms with Gasteiger partial charge < -0.3 is 10.2 Å². The average Bonchev–Trinajstić information content (AvgIpc) is 3.09. The van der Waals surface area contributed by atoms with E-state index in [2.05, 4.69) is 10.4 Å². The van der Waals surface area contributed by atoms with E-state index in [-0.39, 0.29) is 30.3 Å². The molecule has 0 saturated carbocycles. The summed E-state index contributed by atoms with van der Waals surface area (Å²) in [6.07, 6.45) is -2.80. The molecule has 134 valence electrons. The first-order chi connectivity index (χ1) is 11.2. The molecule has 0 unspecified atom stereocenters. The fraction of sp³-hybridized carbons (Fsp3) is 0.750. The number of hydrogen-bond acceptors (Lipinski definition) is 3. The molecule has 3 rings (SSSR count). The second-order valence-electron chi connectivity index (χ2n) is 7.08. The molecule has 2 aliphatic rings. The van der Waals surface area contributed by atoms with Gasteiger partial charge in [-0.05, 0) is 26.2 Å². The Labute approximate surface area is 139 Å². The first kappa shape index (κ1) is 17.1. The van der Waals surface area contributed by atoms with E-state index >= 15 is 0 Å². The molecule has 1 aromatic rings. The molecule has 0 radical (unpaired) electrons. The Bertz CT molecular complexity index is 625. The zero-order chi connectivity index (χ0) is 17.6. The maximum Gasteiger partial charge on any atom is 0.410 e. The summed E-state index contributed by atoms with van der Waals surface area (Å²) in [6.45, 7) is 6.03. The maximum atomic E-state index is 13.3. The third-order valence-corrected chi connectivity index (χ3v) is 4.77. The number of aromatic nitrogens is 2. The summed E-state index contributed by atoms with van der Waals surface area (Å²) in [5, 5.41) is 7.32. The number of nitrogens with zero attached hydrogens (tertiary/aromatic N) is 3. The van der Waals surface area contributed by atoms with Crippen LogP contribution in [0, 0.1) is 5.92 Å². The summed E-state index contributed by atoms with van der Waals surface area (Å²) >= 11 is 0. The molecule has 5 nitrogen and oxygen atoms in total. The van der Waals surface area contributed by atoms with Crippen molar-refractivity contribution in [1.82, 2.24) is 14.7 Å². The standard InChI is InChI=1S/C16H23F3N4O/c1-9(2)15(24)22-6-4-5-12(22)11-8-14-20-10(3)7-13(16(17,18)19)23(14)21-11/h8-10,12-13,20H,4-7H2,1-3H3/t10-,12+,13-/m1/s1. The Morgan fingerprint density at radius 2 is 2.12 bits per heavy atom. The minimum Gasteiger partial charge on any atom is -0.368 e. The summed E-state index contributed by atoms with van der Waals surface area (Å²) in [5.41, 5.74) is 0.548. The van der Waals surface area contributed by atoms with Crippen LogP contribution in [0.15, 0.2) is 6.07 Å². The van der Waals surface area contributed by atoms with Crippen LogP contribution in [0.1, 0.15) is 57.8 Å². The van der Waals surface area contributed by atoms with E-state index in [0.717, 1.165) is 17.5 Å². The fourth-order valence-electron chi connectivity index (χ4n) is 3.61. The zero-order valence-electron chi connectivity index (χ0n) is 14.1. The highest BCUT2D eigenvalue weighted by Gasteiger charge is 2.46. The van der Waals surface area contributed by atoms with E-state index in [4.69, 9.17) is 0 Å². The molecular weight excluding hydrogens is 321 g/mol. The predicted molar refractivity (Wildman–Crippen MR) is 83.5 cm³/mol. The minimum absolute atomic E-state index is 0.0252. The molecule has 1 aromatic heterocycles. The summed E-state index contributed by atoms with van der Waals surface area (Å²) in [4.78, 5) is 14.1. The molecule has 3 heterocycles. The maximum absolute atomic E-state index is 13.3. The first-order valence-electron chi connectivity index (χ1n) is 8.41. The summed E-state index contributed by atoms with van der Waals surface area (Å²) in [7, 11) is 0. The molecule has 3 atom stereocenters. The van der Waals surface area contributed by atoms with Gasteiger partial charge in [-0.2, -0.15) is 18.3 Å². The van der Waals surface area contributed by atoms with Crippen molar-refractivity contribution in [2.24, 2.45) is 5.92 Å². The van der Waals surface area contributed by atoms with Crippen LogP contribution in [0.5, 0.6) is 0 Å². The molecule has 2 aliphatic heterocycles. The summed E-state index contributed by atoms with van der Waals surface area (Å²) < 4.78 is 41.1. The van der Waals surface area contributed by atoms with Gasteiger partial charge in [0, 0.05) is 24.6 Å². The predicted octanol–water partition coefficient (Wildman–Crippen LogP) is 3.51. The lowest BCUT2D eigenvalue weighted by atomic mass is 10.1. The Hall–Kier alpha value is -1.73. The summed E-state index contributed by atoms with van der Waals surface area (Å²) in [6, 6.07) is -0.451. The van der Waals surface area contributed by atoms with Gasteiger partial charge in [0.25, 0.3) is 0 Å². The number of nitrogens with one attached hydrogen (secondary N) is 1. The number of carbonyl (C=O) groups excluding carboxylic acids is 1. The molecule has 24 heavy (non-hydrogen) atoms. The third-order valence-electron chi connectivity index (χ3n) is 4.77. The molecular formula is C16H23F3N4O. The Kier molecular flexibility index (Phi) is 4.25. The van der Waals surface area contributed by atoms with Gasteiger partial charge in [0.05, 0.1) is 11.7 Å². The number of carbonyl (C=O) groups is 1. The van der Waals surface area contributed by atoms with E-state index in [1.165, 1.54) is 0 Å².